The molecule has 1 saturated heterocycles. The van der Waals surface area contributed by atoms with Gasteiger partial charge in [-0.2, -0.15) is 0 Å². The third-order valence-corrected chi connectivity index (χ3v) is 4.26. The molecule has 0 aliphatic carbocycles. The van der Waals surface area contributed by atoms with Crippen molar-refractivity contribution in [1.29, 1.82) is 0 Å². The summed E-state index contributed by atoms with van der Waals surface area (Å²) in [4.78, 5) is 25.9. The molecule has 1 aromatic rings. The average Bonchev–Trinajstić information content (AvgIpc) is 2.53. The number of nitrogens with zero attached hydrogens (tertiary/aromatic N) is 1. The van der Waals surface area contributed by atoms with Crippen molar-refractivity contribution >= 4 is 35.0 Å². The van der Waals surface area contributed by atoms with Crippen molar-refractivity contribution in [2.24, 2.45) is 0 Å². The number of rotatable bonds is 5. The van der Waals surface area contributed by atoms with Crippen LogP contribution in [0.4, 0.5) is 0 Å². The summed E-state index contributed by atoms with van der Waals surface area (Å²) >= 11 is 11.5. The summed E-state index contributed by atoms with van der Waals surface area (Å²) in [7, 11) is 0. The molecule has 0 saturated carbocycles. The van der Waals surface area contributed by atoms with E-state index in [4.69, 9.17) is 23.2 Å². The Kier molecular flexibility index (Phi) is 6.52. The van der Waals surface area contributed by atoms with Crippen molar-refractivity contribution in [3.8, 4) is 0 Å². The maximum atomic E-state index is 12.4. The number of alkyl halides is 1. The average molecular weight is 343 g/mol. The molecule has 120 valence electrons. The molecular formula is C16H20Cl2N2O2. The Morgan fingerprint density at radius 3 is 2.64 bits per heavy atom. The van der Waals surface area contributed by atoms with Gasteiger partial charge in [-0.05, 0) is 37.5 Å². The first kappa shape index (κ1) is 17.1. The first-order valence-corrected chi connectivity index (χ1v) is 8.41. The van der Waals surface area contributed by atoms with Crippen molar-refractivity contribution in [3.05, 3.63) is 34.9 Å². The molecule has 1 fully saturated rings. The predicted octanol–water partition coefficient (Wildman–Crippen LogP) is 3.08. The monoisotopic (exact) mass is 342 g/mol. The molecule has 1 aromatic carbocycles. The van der Waals surface area contributed by atoms with Gasteiger partial charge in [-0.3, -0.25) is 9.59 Å². The summed E-state index contributed by atoms with van der Waals surface area (Å²) in [5.41, 5.74) is 0.608. The fraction of sp³-hybridized carbons (Fsp3) is 0.500. The van der Waals surface area contributed by atoms with Crippen LogP contribution in [0.1, 0.15) is 36.0 Å². The summed E-state index contributed by atoms with van der Waals surface area (Å²) in [5.74, 6) is 0.537. The number of carbonyl (C=O) groups is 2. The van der Waals surface area contributed by atoms with Gasteiger partial charge < -0.3 is 10.2 Å². The molecule has 0 atom stereocenters. The maximum absolute atomic E-state index is 12.4. The number of benzene rings is 1. The van der Waals surface area contributed by atoms with Gasteiger partial charge in [-0.15, -0.1) is 11.6 Å². The van der Waals surface area contributed by atoms with Crippen LogP contribution in [-0.2, 0) is 4.79 Å². The Labute approximate surface area is 140 Å². The van der Waals surface area contributed by atoms with Gasteiger partial charge in [0.15, 0.2) is 0 Å². The molecule has 2 rings (SSSR count). The summed E-state index contributed by atoms with van der Waals surface area (Å²) < 4.78 is 0. The maximum Gasteiger partial charge on any atom is 0.253 e. The minimum Gasteiger partial charge on any atom is -0.353 e. The van der Waals surface area contributed by atoms with E-state index in [2.05, 4.69) is 5.32 Å². The summed E-state index contributed by atoms with van der Waals surface area (Å²) in [6.45, 7) is 1.29. The summed E-state index contributed by atoms with van der Waals surface area (Å²) in [6.07, 6.45) is 2.71. The van der Waals surface area contributed by atoms with Crippen molar-refractivity contribution in [2.75, 3.05) is 19.0 Å². The Hall–Kier alpha value is -1.26. The van der Waals surface area contributed by atoms with E-state index < -0.39 is 0 Å². The van der Waals surface area contributed by atoms with Gasteiger partial charge >= 0.3 is 0 Å². The van der Waals surface area contributed by atoms with Gasteiger partial charge in [0, 0.05) is 42.0 Å². The van der Waals surface area contributed by atoms with Crippen molar-refractivity contribution in [1.82, 2.24) is 10.2 Å². The third-order valence-electron chi connectivity index (χ3n) is 3.76. The van der Waals surface area contributed by atoms with Crippen molar-refractivity contribution in [2.45, 2.75) is 31.7 Å². The number of carbonyl (C=O) groups excluding carboxylic acids is 2. The molecule has 0 spiro atoms. The first-order valence-electron chi connectivity index (χ1n) is 7.50. The minimum atomic E-state index is -0.00517. The molecule has 22 heavy (non-hydrogen) atoms. The van der Waals surface area contributed by atoms with Crippen LogP contribution in [0.15, 0.2) is 24.3 Å². The Morgan fingerprint density at radius 2 is 2.00 bits per heavy atom. The molecule has 0 bridgehead atoms. The zero-order valence-corrected chi connectivity index (χ0v) is 13.9. The number of hydrogen-bond acceptors (Lipinski definition) is 2. The van der Waals surface area contributed by atoms with Crippen LogP contribution < -0.4 is 5.32 Å². The molecule has 1 aliphatic heterocycles. The highest BCUT2D eigenvalue weighted by Gasteiger charge is 2.24. The van der Waals surface area contributed by atoms with Gasteiger partial charge in [0.05, 0.1) is 0 Å². The predicted molar refractivity (Wildman–Crippen MR) is 88.5 cm³/mol. The fourth-order valence-electron chi connectivity index (χ4n) is 2.56. The van der Waals surface area contributed by atoms with Gasteiger partial charge in [-0.1, -0.05) is 17.7 Å². The molecule has 6 heteroatoms. The Bertz CT molecular complexity index is 529. The number of hydrogen-bond donors (Lipinski definition) is 1. The molecule has 1 N–H and O–H groups in total. The number of amides is 2. The fourth-order valence-corrected chi connectivity index (χ4v) is 2.88. The van der Waals surface area contributed by atoms with Gasteiger partial charge in [-0.25, -0.2) is 0 Å². The highest BCUT2D eigenvalue weighted by atomic mass is 35.5. The van der Waals surface area contributed by atoms with Crippen LogP contribution in [0.25, 0.3) is 0 Å². The lowest BCUT2D eigenvalue weighted by Crippen LogP contribution is -2.46. The van der Waals surface area contributed by atoms with E-state index >= 15 is 0 Å². The highest BCUT2D eigenvalue weighted by molar-refractivity contribution is 6.30. The number of likely N-dealkylation sites (tertiary alicyclic amines) is 1. The van der Waals surface area contributed by atoms with E-state index in [0.717, 1.165) is 12.8 Å². The first-order chi connectivity index (χ1) is 10.6. The zero-order chi connectivity index (χ0) is 15.9. The summed E-state index contributed by atoms with van der Waals surface area (Å²) in [5, 5.41) is 3.57. The lowest BCUT2D eigenvalue weighted by Gasteiger charge is -2.32. The highest BCUT2D eigenvalue weighted by Crippen LogP contribution is 2.17. The second-order valence-corrected chi connectivity index (χ2v) is 6.25. The molecule has 4 nitrogen and oxygen atoms in total. The van der Waals surface area contributed by atoms with Gasteiger partial charge in [0.1, 0.15) is 0 Å². The van der Waals surface area contributed by atoms with Crippen LogP contribution in [0, 0.1) is 0 Å². The Morgan fingerprint density at radius 1 is 1.27 bits per heavy atom. The van der Waals surface area contributed by atoms with E-state index in [9.17, 15) is 9.59 Å². The van der Waals surface area contributed by atoms with E-state index in [1.165, 1.54) is 0 Å². The van der Waals surface area contributed by atoms with Crippen LogP contribution in [0.2, 0.25) is 5.02 Å². The van der Waals surface area contributed by atoms with E-state index in [-0.39, 0.29) is 17.9 Å². The van der Waals surface area contributed by atoms with Crippen LogP contribution in [-0.4, -0.2) is 41.7 Å². The molecule has 0 aromatic heterocycles. The van der Waals surface area contributed by atoms with Gasteiger partial charge in [0.2, 0.25) is 5.91 Å². The number of halogens is 2. The summed E-state index contributed by atoms with van der Waals surface area (Å²) in [6, 6.07) is 7.13. The molecule has 2 amide bonds. The van der Waals surface area contributed by atoms with Crippen LogP contribution in [0.5, 0.6) is 0 Å². The lowest BCUT2D eigenvalue weighted by atomic mass is 10.0. The minimum absolute atomic E-state index is 0.00517. The standard InChI is InChI=1S/C16H20Cl2N2O2/c17-8-2-5-15(21)19-14-6-9-20(10-7-14)16(22)12-3-1-4-13(18)11-12/h1,3-4,11,14H,2,5-10H2,(H,19,21). The van der Waals surface area contributed by atoms with Crippen LogP contribution in [0.3, 0.4) is 0 Å². The second-order valence-electron chi connectivity index (χ2n) is 5.44. The van der Waals surface area contributed by atoms with Crippen LogP contribution >= 0.6 is 23.2 Å². The second kappa shape index (κ2) is 8.39. The lowest BCUT2D eigenvalue weighted by molar-refractivity contribution is -0.122. The quantitative estimate of drug-likeness (QED) is 0.836. The third kappa shape index (κ3) is 4.89. The van der Waals surface area contributed by atoms with E-state index in [0.29, 0.717) is 42.4 Å². The van der Waals surface area contributed by atoms with Crippen molar-refractivity contribution < 1.29 is 9.59 Å². The number of nitrogens with one attached hydrogen (secondary N) is 1. The molecule has 1 heterocycles. The molecule has 0 radical (unpaired) electrons. The smallest absolute Gasteiger partial charge is 0.253 e. The zero-order valence-electron chi connectivity index (χ0n) is 12.4. The molecule has 1 aliphatic rings. The largest absolute Gasteiger partial charge is 0.353 e. The van der Waals surface area contributed by atoms with Crippen molar-refractivity contribution in [3.63, 3.8) is 0 Å². The Balaban J connectivity index is 1.82. The van der Waals surface area contributed by atoms with E-state index in [1.807, 2.05) is 4.90 Å². The van der Waals surface area contributed by atoms with E-state index in [1.54, 1.807) is 24.3 Å². The molecular weight excluding hydrogens is 323 g/mol. The van der Waals surface area contributed by atoms with Gasteiger partial charge in [0.25, 0.3) is 5.91 Å². The normalized spacial score (nSPS) is 15.6. The topological polar surface area (TPSA) is 49.4 Å². The SMILES string of the molecule is O=C(CCCCl)NC1CCN(C(=O)c2cccc(Cl)c2)CC1. The molecule has 0 unspecified atom stereocenters. The number of piperidine rings is 1.